The van der Waals surface area contributed by atoms with Crippen LogP contribution in [0.4, 0.5) is 10.6 Å². The van der Waals surface area contributed by atoms with Crippen molar-refractivity contribution in [2.75, 3.05) is 31.1 Å². The average Bonchev–Trinajstić information content (AvgIpc) is 3.11. The fraction of sp³-hybridized carbons (Fsp3) is 0.579. The van der Waals surface area contributed by atoms with Crippen LogP contribution < -0.4 is 10.2 Å². The van der Waals surface area contributed by atoms with Crippen molar-refractivity contribution in [3.63, 3.8) is 0 Å². The van der Waals surface area contributed by atoms with Gasteiger partial charge in [-0.25, -0.2) is 9.78 Å². The van der Waals surface area contributed by atoms with Crippen molar-refractivity contribution in [3.8, 4) is 11.4 Å². The van der Waals surface area contributed by atoms with Gasteiger partial charge in [-0.1, -0.05) is 19.0 Å². The van der Waals surface area contributed by atoms with E-state index in [1.165, 1.54) is 0 Å². The molecule has 0 aliphatic carbocycles. The van der Waals surface area contributed by atoms with E-state index in [0.717, 1.165) is 24.5 Å². The van der Waals surface area contributed by atoms with Gasteiger partial charge in [-0.05, 0) is 32.9 Å². The third-order valence-electron chi connectivity index (χ3n) is 4.31. The summed E-state index contributed by atoms with van der Waals surface area (Å²) < 4.78 is 5.25. The maximum Gasteiger partial charge on any atom is 0.317 e. The Morgan fingerprint density at radius 3 is 2.41 bits per heavy atom. The van der Waals surface area contributed by atoms with Crippen LogP contribution in [0.3, 0.4) is 0 Å². The van der Waals surface area contributed by atoms with Gasteiger partial charge in [0.1, 0.15) is 5.82 Å². The van der Waals surface area contributed by atoms with Gasteiger partial charge >= 0.3 is 6.03 Å². The summed E-state index contributed by atoms with van der Waals surface area (Å²) >= 11 is 0. The summed E-state index contributed by atoms with van der Waals surface area (Å²) in [6.45, 7) is 12.8. The Labute approximate surface area is 159 Å². The molecule has 3 rings (SSSR count). The lowest BCUT2D eigenvalue weighted by molar-refractivity contribution is 0.185. The molecule has 3 heterocycles. The molecule has 27 heavy (non-hydrogen) atoms. The fourth-order valence-electron chi connectivity index (χ4n) is 2.83. The number of aromatic nitrogens is 3. The zero-order chi connectivity index (χ0) is 19.6. The van der Waals surface area contributed by atoms with Crippen molar-refractivity contribution in [3.05, 3.63) is 24.2 Å². The van der Waals surface area contributed by atoms with E-state index in [1.807, 2.05) is 51.7 Å². The molecule has 0 radical (unpaired) electrons. The summed E-state index contributed by atoms with van der Waals surface area (Å²) in [6, 6.07) is 3.91. The van der Waals surface area contributed by atoms with Crippen molar-refractivity contribution in [1.82, 2.24) is 25.3 Å². The van der Waals surface area contributed by atoms with Crippen LogP contribution in [0.1, 0.15) is 46.4 Å². The molecule has 2 aromatic heterocycles. The Balaban J connectivity index is 1.59. The van der Waals surface area contributed by atoms with Crippen LogP contribution in [0, 0.1) is 0 Å². The molecule has 0 saturated carbocycles. The molecule has 2 aromatic rings. The minimum Gasteiger partial charge on any atom is -0.353 e. The Kier molecular flexibility index (Phi) is 5.34. The first-order chi connectivity index (χ1) is 12.7. The molecule has 1 N–H and O–H groups in total. The highest BCUT2D eigenvalue weighted by molar-refractivity contribution is 5.75. The molecule has 0 spiro atoms. The van der Waals surface area contributed by atoms with Gasteiger partial charge in [0.15, 0.2) is 0 Å². The monoisotopic (exact) mass is 372 g/mol. The Hall–Kier alpha value is -2.64. The largest absolute Gasteiger partial charge is 0.353 e. The average molecular weight is 372 g/mol. The number of amides is 2. The molecule has 1 fully saturated rings. The maximum atomic E-state index is 12.3. The van der Waals surface area contributed by atoms with Crippen molar-refractivity contribution in [2.24, 2.45) is 0 Å². The molecule has 1 aliphatic rings. The number of nitrogens with one attached hydrogen (secondary N) is 1. The van der Waals surface area contributed by atoms with E-state index in [1.54, 1.807) is 6.20 Å². The van der Waals surface area contributed by atoms with E-state index in [4.69, 9.17) is 4.52 Å². The standard InChI is InChI=1S/C19H28N6O2/c1-13(2)17-21-16(23-27-17)14-6-7-15(20-12-14)24-8-10-25(11-9-24)18(26)22-19(3,4)5/h6-7,12-13H,8-11H2,1-5H3,(H,22,26). The highest BCUT2D eigenvalue weighted by Crippen LogP contribution is 2.21. The van der Waals surface area contributed by atoms with Gasteiger partial charge in [-0.3, -0.25) is 0 Å². The van der Waals surface area contributed by atoms with E-state index < -0.39 is 0 Å². The van der Waals surface area contributed by atoms with Crippen LogP contribution in [0.5, 0.6) is 0 Å². The highest BCUT2D eigenvalue weighted by Gasteiger charge is 2.24. The maximum absolute atomic E-state index is 12.3. The van der Waals surface area contributed by atoms with E-state index >= 15 is 0 Å². The van der Waals surface area contributed by atoms with Gasteiger partial charge in [0, 0.05) is 49.4 Å². The lowest BCUT2D eigenvalue weighted by Crippen LogP contribution is -2.55. The second-order valence-electron chi connectivity index (χ2n) is 8.17. The highest BCUT2D eigenvalue weighted by atomic mass is 16.5. The van der Waals surface area contributed by atoms with Gasteiger partial charge in [0.05, 0.1) is 0 Å². The van der Waals surface area contributed by atoms with Crippen LogP contribution >= 0.6 is 0 Å². The lowest BCUT2D eigenvalue weighted by Gasteiger charge is -2.36. The van der Waals surface area contributed by atoms with Crippen molar-refractivity contribution < 1.29 is 9.32 Å². The minimum absolute atomic E-state index is 0.0106. The van der Waals surface area contributed by atoms with Gasteiger partial charge in [-0.15, -0.1) is 0 Å². The van der Waals surface area contributed by atoms with Crippen LogP contribution in [0.15, 0.2) is 22.9 Å². The zero-order valence-corrected chi connectivity index (χ0v) is 16.7. The predicted molar refractivity (Wildman–Crippen MR) is 104 cm³/mol. The molecular weight excluding hydrogens is 344 g/mol. The normalized spacial score (nSPS) is 15.3. The van der Waals surface area contributed by atoms with Crippen molar-refractivity contribution >= 4 is 11.8 Å². The van der Waals surface area contributed by atoms with E-state index in [0.29, 0.717) is 24.8 Å². The van der Waals surface area contributed by atoms with Crippen LogP contribution in [-0.4, -0.2) is 57.8 Å². The second kappa shape index (κ2) is 7.54. The molecule has 0 bridgehead atoms. The SMILES string of the molecule is CC(C)c1nc(-c2ccc(N3CCN(C(=O)NC(C)(C)C)CC3)nc2)no1. The smallest absolute Gasteiger partial charge is 0.317 e. The Bertz CT molecular complexity index is 770. The number of carbonyl (C=O) groups is 1. The number of nitrogens with zero attached hydrogens (tertiary/aromatic N) is 5. The summed E-state index contributed by atoms with van der Waals surface area (Å²) in [5, 5.41) is 7.03. The molecular formula is C19H28N6O2. The molecule has 146 valence electrons. The Morgan fingerprint density at radius 1 is 1.19 bits per heavy atom. The lowest BCUT2D eigenvalue weighted by atomic mass is 10.1. The third-order valence-corrected chi connectivity index (χ3v) is 4.31. The van der Waals surface area contributed by atoms with E-state index in [-0.39, 0.29) is 17.5 Å². The molecule has 8 nitrogen and oxygen atoms in total. The first-order valence-electron chi connectivity index (χ1n) is 9.35. The van der Waals surface area contributed by atoms with Gasteiger partial charge < -0.3 is 19.6 Å². The van der Waals surface area contributed by atoms with E-state index in [9.17, 15) is 4.79 Å². The number of rotatable bonds is 3. The summed E-state index contributed by atoms with van der Waals surface area (Å²) in [6.07, 6.45) is 1.77. The minimum atomic E-state index is -0.226. The topological polar surface area (TPSA) is 87.4 Å². The van der Waals surface area contributed by atoms with Crippen LogP contribution in [0.2, 0.25) is 0 Å². The van der Waals surface area contributed by atoms with Gasteiger partial charge in [0.2, 0.25) is 11.7 Å². The molecule has 2 amide bonds. The second-order valence-corrected chi connectivity index (χ2v) is 8.17. The first kappa shape index (κ1) is 19.1. The predicted octanol–water partition coefficient (Wildman–Crippen LogP) is 2.89. The number of anilines is 1. The first-order valence-corrected chi connectivity index (χ1v) is 9.35. The van der Waals surface area contributed by atoms with Crippen molar-refractivity contribution in [2.45, 2.75) is 46.1 Å². The molecule has 0 atom stereocenters. The molecule has 1 saturated heterocycles. The number of urea groups is 1. The summed E-state index contributed by atoms with van der Waals surface area (Å²) in [5.74, 6) is 2.27. The van der Waals surface area contributed by atoms with E-state index in [2.05, 4.69) is 25.3 Å². The van der Waals surface area contributed by atoms with Crippen molar-refractivity contribution in [1.29, 1.82) is 0 Å². The summed E-state index contributed by atoms with van der Waals surface area (Å²) in [4.78, 5) is 25.2. The molecule has 8 heteroatoms. The number of hydrogen-bond donors (Lipinski definition) is 1. The molecule has 0 aromatic carbocycles. The number of hydrogen-bond acceptors (Lipinski definition) is 6. The fourth-order valence-corrected chi connectivity index (χ4v) is 2.83. The molecule has 0 unspecified atom stereocenters. The van der Waals surface area contributed by atoms with Crippen LogP contribution in [0.25, 0.3) is 11.4 Å². The zero-order valence-electron chi connectivity index (χ0n) is 16.7. The summed E-state index contributed by atoms with van der Waals surface area (Å²) in [7, 11) is 0. The number of carbonyl (C=O) groups excluding carboxylic acids is 1. The summed E-state index contributed by atoms with van der Waals surface area (Å²) in [5.41, 5.74) is 0.605. The molecule has 1 aliphatic heterocycles. The van der Waals surface area contributed by atoms with Gasteiger partial charge in [-0.2, -0.15) is 4.98 Å². The Morgan fingerprint density at radius 2 is 1.89 bits per heavy atom. The quantitative estimate of drug-likeness (QED) is 0.891. The van der Waals surface area contributed by atoms with Crippen LogP contribution in [-0.2, 0) is 0 Å². The van der Waals surface area contributed by atoms with Gasteiger partial charge in [0.25, 0.3) is 0 Å². The number of pyridine rings is 1. The third kappa shape index (κ3) is 4.75. The number of piperazine rings is 1.